The molecule has 2 aliphatic heterocycles. The number of rotatable bonds is 7. The summed E-state index contributed by atoms with van der Waals surface area (Å²) < 4.78 is 5.46. The Labute approximate surface area is 207 Å². The number of aromatic nitrogens is 2. The van der Waals surface area contributed by atoms with E-state index >= 15 is 0 Å². The van der Waals surface area contributed by atoms with Crippen molar-refractivity contribution in [3.63, 3.8) is 0 Å². The van der Waals surface area contributed by atoms with E-state index in [0.29, 0.717) is 18.3 Å². The molecule has 0 bridgehead atoms. The van der Waals surface area contributed by atoms with Crippen LogP contribution in [-0.2, 0) is 11.3 Å². The van der Waals surface area contributed by atoms with Gasteiger partial charge in [-0.25, -0.2) is 0 Å². The van der Waals surface area contributed by atoms with E-state index in [0.717, 1.165) is 50.1 Å². The van der Waals surface area contributed by atoms with Gasteiger partial charge in [0.15, 0.2) is 0 Å². The number of hydrogen-bond acceptors (Lipinski definition) is 6. The van der Waals surface area contributed by atoms with Crippen LogP contribution in [-0.4, -0.2) is 47.1 Å². The largest absolute Gasteiger partial charge is 0.372 e. The fraction of sp³-hybridized carbons (Fsp3) is 0.464. The molecular weight excluding hydrogens is 438 g/mol. The minimum atomic E-state index is 0.00531. The normalized spacial score (nSPS) is 18.4. The van der Waals surface area contributed by atoms with Gasteiger partial charge in [0.25, 0.3) is 0 Å². The molecule has 7 nitrogen and oxygen atoms in total. The van der Waals surface area contributed by atoms with E-state index in [1.807, 2.05) is 30.3 Å². The van der Waals surface area contributed by atoms with E-state index in [1.54, 1.807) is 0 Å². The quantitative estimate of drug-likeness (QED) is 0.531. The number of likely N-dealkylation sites (tertiary alicyclic amines) is 1. The summed E-state index contributed by atoms with van der Waals surface area (Å²) in [5, 5.41) is 7.35. The molecule has 3 aromatic rings. The third-order valence-electron chi connectivity index (χ3n) is 7.29. The molecule has 1 N–H and O–H groups in total. The van der Waals surface area contributed by atoms with E-state index in [4.69, 9.17) is 4.52 Å². The van der Waals surface area contributed by atoms with E-state index in [9.17, 15) is 4.79 Å². The van der Waals surface area contributed by atoms with Gasteiger partial charge in [-0.15, -0.1) is 0 Å². The van der Waals surface area contributed by atoms with E-state index in [2.05, 4.69) is 56.4 Å². The van der Waals surface area contributed by atoms with Crippen molar-refractivity contribution in [2.24, 2.45) is 5.92 Å². The van der Waals surface area contributed by atoms with Crippen LogP contribution in [0.5, 0.6) is 0 Å². The van der Waals surface area contributed by atoms with Crippen molar-refractivity contribution in [1.82, 2.24) is 20.4 Å². The van der Waals surface area contributed by atoms with Crippen LogP contribution < -0.4 is 10.2 Å². The lowest BCUT2D eigenvalue weighted by Crippen LogP contribution is -2.41. The molecule has 1 unspecified atom stereocenters. The third-order valence-corrected chi connectivity index (χ3v) is 7.29. The zero-order valence-corrected chi connectivity index (χ0v) is 20.5. The predicted molar refractivity (Wildman–Crippen MR) is 137 cm³/mol. The Morgan fingerprint density at radius 3 is 2.43 bits per heavy atom. The molecule has 3 heterocycles. The molecule has 0 saturated carbocycles. The topological polar surface area (TPSA) is 74.5 Å². The van der Waals surface area contributed by atoms with Gasteiger partial charge in [-0.1, -0.05) is 47.6 Å². The monoisotopic (exact) mass is 473 g/mol. The zero-order valence-electron chi connectivity index (χ0n) is 20.5. The minimum Gasteiger partial charge on any atom is -0.372 e. The minimum absolute atomic E-state index is 0.00531. The second-order valence-corrected chi connectivity index (χ2v) is 9.80. The summed E-state index contributed by atoms with van der Waals surface area (Å²) in [5.41, 5.74) is 3.40. The summed E-state index contributed by atoms with van der Waals surface area (Å²) in [4.78, 5) is 22.2. The number of nitrogens with one attached hydrogen (secondary N) is 1. The average Bonchev–Trinajstić information content (AvgIpc) is 3.38. The second-order valence-electron chi connectivity index (χ2n) is 9.80. The highest BCUT2D eigenvalue weighted by Gasteiger charge is 2.27. The Balaban J connectivity index is 1.08. The molecule has 1 aromatic heterocycles. The van der Waals surface area contributed by atoms with Gasteiger partial charge in [-0.3, -0.25) is 9.69 Å². The van der Waals surface area contributed by atoms with Crippen LogP contribution >= 0.6 is 0 Å². The molecule has 0 aliphatic carbocycles. The first kappa shape index (κ1) is 23.5. The molecule has 184 valence electrons. The van der Waals surface area contributed by atoms with E-state index in [-0.39, 0.29) is 17.9 Å². The van der Waals surface area contributed by atoms with Gasteiger partial charge in [-0.05, 0) is 69.8 Å². The Morgan fingerprint density at radius 2 is 1.71 bits per heavy atom. The molecule has 35 heavy (non-hydrogen) atoms. The summed E-state index contributed by atoms with van der Waals surface area (Å²) >= 11 is 0. The lowest BCUT2D eigenvalue weighted by atomic mass is 9.95. The van der Waals surface area contributed by atoms with Gasteiger partial charge in [0.05, 0.1) is 12.6 Å². The fourth-order valence-electron chi connectivity index (χ4n) is 5.11. The number of piperidine rings is 2. The number of nitrogens with zero attached hydrogens (tertiary/aromatic N) is 4. The molecule has 0 radical (unpaired) electrons. The van der Waals surface area contributed by atoms with Crippen LogP contribution in [0.4, 0.5) is 5.69 Å². The third kappa shape index (κ3) is 5.90. The molecule has 5 rings (SSSR count). The predicted octanol–water partition coefficient (Wildman–Crippen LogP) is 4.82. The Hall–Kier alpha value is -3.19. The maximum atomic E-state index is 12.9. The van der Waals surface area contributed by atoms with Crippen molar-refractivity contribution >= 4 is 11.6 Å². The summed E-state index contributed by atoms with van der Waals surface area (Å²) in [6.45, 7) is 6.67. The first-order chi connectivity index (χ1) is 17.2. The van der Waals surface area contributed by atoms with Crippen molar-refractivity contribution in [2.45, 2.75) is 51.6 Å². The second kappa shape index (κ2) is 11.0. The fourth-order valence-corrected chi connectivity index (χ4v) is 5.11. The number of carbonyl (C=O) groups excluding carboxylic acids is 1. The maximum absolute atomic E-state index is 12.9. The average molecular weight is 474 g/mol. The molecule has 0 spiro atoms. The number of amides is 1. The SMILES string of the molecule is CC(NC(=O)C1CCN(Cc2nc(-c3ccccc3)no2)CC1)c1ccc(N2CCCCC2)cc1. The smallest absolute Gasteiger partial charge is 0.241 e. The van der Waals surface area contributed by atoms with E-state index in [1.165, 1.54) is 24.9 Å². The molecule has 2 aliphatic rings. The summed E-state index contributed by atoms with van der Waals surface area (Å²) in [5.74, 6) is 1.44. The first-order valence-electron chi connectivity index (χ1n) is 12.9. The van der Waals surface area contributed by atoms with Crippen LogP contribution in [0.15, 0.2) is 59.1 Å². The van der Waals surface area contributed by atoms with Crippen molar-refractivity contribution in [2.75, 3.05) is 31.1 Å². The lowest BCUT2D eigenvalue weighted by Gasteiger charge is -2.31. The summed E-state index contributed by atoms with van der Waals surface area (Å²) in [7, 11) is 0. The molecule has 1 amide bonds. The molecule has 2 saturated heterocycles. The number of carbonyl (C=O) groups is 1. The summed E-state index contributed by atoms with van der Waals surface area (Å²) in [6.07, 6.45) is 5.56. The first-order valence-corrected chi connectivity index (χ1v) is 12.9. The molecule has 2 aromatic carbocycles. The van der Waals surface area contributed by atoms with Crippen LogP contribution in [0.1, 0.15) is 56.5 Å². The molecule has 2 fully saturated rings. The van der Waals surface area contributed by atoms with Crippen LogP contribution in [0.2, 0.25) is 0 Å². The Morgan fingerprint density at radius 1 is 1.00 bits per heavy atom. The number of benzene rings is 2. The van der Waals surface area contributed by atoms with Crippen LogP contribution in [0, 0.1) is 5.92 Å². The Bertz CT molecular complexity index is 1080. The van der Waals surface area contributed by atoms with Gasteiger partial charge in [0, 0.05) is 30.3 Å². The van der Waals surface area contributed by atoms with Gasteiger partial charge in [-0.2, -0.15) is 4.98 Å². The molecule has 7 heteroatoms. The van der Waals surface area contributed by atoms with Crippen molar-refractivity contribution in [1.29, 1.82) is 0 Å². The number of anilines is 1. The zero-order chi connectivity index (χ0) is 24.0. The van der Waals surface area contributed by atoms with Crippen molar-refractivity contribution in [3.05, 3.63) is 66.1 Å². The van der Waals surface area contributed by atoms with Crippen molar-refractivity contribution < 1.29 is 9.32 Å². The highest BCUT2D eigenvalue weighted by molar-refractivity contribution is 5.79. The van der Waals surface area contributed by atoms with Crippen LogP contribution in [0.25, 0.3) is 11.4 Å². The van der Waals surface area contributed by atoms with Crippen LogP contribution in [0.3, 0.4) is 0 Å². The van der Waals surface area contributed by atoms with Gasteiger partial charge < -0.3 is 14.7 Å². The van der Waals surface area contributed by atoms with Gasteiger partial charge in [0.1, 0.15) is 0 Å². The van der Waals surface area contributed by atoms with Gasteiger partial charge >= 0.3 is 0 Å². The number of hydrogen-bond donors (Lipinski definition) is 1. The maximum Gasteiger partial charge on any atom is 0.241 e. The lowest BCUT2D eigenvalue weighted by molar-refractivity contribution is -0.127. The highest BCUT2D eigenvalue weighted by Crippen LogP contribution is 2.24. The molecular formula is C28H35N5O2. The standard InChI is InChI=1S/C28H35N5O2/c1-21(22-10-12-25(13-11-22)33-16-6-3-7-17-33)29-28(34)24-14-18-32(19-15-24)20-26-30-27(31-35-26)23-8-4-2-5-9-23/h2,4-5,8-13,21,24H,3,6-7,14-20H2,1H3,(H,29,34). The molecule has 1 atom stereocenters. The van der Waals surface area contributed by atoms with Gasteiger partial charge in [0.2, 0.25) is 17.6 Å². The highest BCUT2D eigenvalue weighted by atomic mass is 16.5. The summed E-state index contributed by atoms with van der Waals surface area (Å²) in [6, 6.07) is 18.6. The Kier molecular flexibility index (Phi) is 7.42. The van der Waals surface area contributed by atoms with E-state index < -0.39 is 0 Å². The van der Waals surface area contributed by atoms with Crippen molar-refractivity contribution in [3.8, 4) is 11.4 Å².